The maximum absolute atomic E-state index is 12.3. The van der Waals surface area contributed by atoms with Gasteiger partial charge in [-0.15, -0.1) is 22.7 Å². The highest BCUT2D eigenvalue weighted by molar-refractivity contribution is 7.24. The molecule has 5 nitrogen and oxygen atoms in total. The zero-order chi connectivity index (χ0) is 15.6. The Balaban J connectivity index is 2.37. The summed E-state index contributed by atoms with van der Waals surface area (Å²) in [6, 6.07) is 5.30. The van der Waals surface area contributed by atoms with Crippen molar-refractivity contribution in [2.24, 2.45) is 5.92 Å². The van der Waals surface area contributed by atoms with Gasteiger partial charge >= 0.3 is 0 Å². The number of nitrogens with one attached hydrogen (secondary N) is 1. The van der Waals surface area contributed by atoms with Crippen LogP contribution in [0.3, 0.4) is 0 Å². The van der Waals surface area contributed by atoms with Crippen molar-refractivity contribution in [3.05, 3.63) is 27.0 Å². The number of nitriles is 1. The molecule has 2 heterocycles. The Bertz CT molecular complexity index is 745. The van der Waals surface area contributed by atoms with Crippen LogP contribution in [0.5, 0.6) is 0 Å². The maximum Gasteiger partial charge on any atom is 0.245 e. The van der Waals surface area contributed by atoms with E-state index in [1.807, 2.05) is 6.07 Å². The molecular formula is C13H10ClN3O2S2. The van der Waals surface area contributed by atoms with E-state index in [0.717, 1.165) is 4.88 Å². The fourth-order valence-corrected chi connectivity index (χ4v) is 3.81. The molecule has 0 saturated carbocycles. The number of carbonyl (C=O) groups excluding carboxylic acids is 2. The quantitative estimate of drug-likeness (QED) is 0.685. The van der Waals surface area contributed by atoms with E-state index in [2.05, 4.69) is 10.3 Å². The fraction of sp³-hybridized carbons (Fsp3) is 0.231. The molecule has 0 bridgehead atoms. The van der Waals surface area contributed by atoms with Crippen LogP contribution in [0.4, 0.5) is 0 Å². The molecule has 108 valence electrons. The Labute approximate surface area is 134 Å². The Morgan fingerprint density at radius 2 is 2.14 bits per heavy atom. The Morgan fingerprint density at radius 1 is 1.43 bits per heavy atom. The van der Waals surface area contributed by atoms with Crippen molar-refractivity contribution in [3.8, 4) is 16.0 Å². The lowest BCUT2D eigenvalue weighted by atomic mass is 10.0. The van der Waals surface area contributed by atoms with Crippen LogP contribution in [-0.4, -0.2) is 23.7 Å². The summed E-state index contributed by atoms with van der Waals surface area (Å²) in [5.41, 5.74) is 0.508. The molecule has 8 heteroatoms. The minimum atomic E-state index is -1.35. The zero-order valence-electron chi connectivity index (χ0n) is 11.1. The fourth-order valence-electron chi connectivity index (χ4n) is 1.67. The highest BCUT2D eigenvalue weighted by atomic mass is 35.5. The lowest BCUT2D eigenvalue weighted by Gasteiger charge is -2.04. The monoisotopic (exact) mass is 339 g/mol. The third kappa shape index (κ3) is 3.13. The first-order valence-electron chi connectivity index (χ1n) is 5.86. The van der Waals surface area contributed by atoms with Gasteiger partial charge in [-0.25, -0.2) is 4.98 Å². The van der Waals surface area contributed by atoms with Crippen LogP contribution in [0.1, 0.15) is 15.4 Å². The summed E-state index contributed by atoms with van der Waals surface area (Å²) in [7, 11) is 1.39. The van der Waals surface area contributed by atoms with E-state index in [0.29, 0.717) is 19.9 Å². The van der Waals surface area contributed by atoms with E-state index >= 15 is 0 Å². The van der Waals surface area contributed by atoms with Crippen molar-refractivity contribution in [1.29, 1.82) is 5.26 Å². The minimum absolute atomic E-state index is 0.324. The summed E-state index contributed by atoms with van der Waals surface area (Å²) in [6.45, 7) is 1.68. The SMILES string of the molecule is CNC(=O)[C@@H](C#N)C(=O)c1sc(-c2ccc(Cl)s2)nc1C. The van der Waals surface area contributed by atoms with Gasteiger partial charge in [0.15, 0.2) is 5.92 Å². The van der Waals surface area contributed by atoms with Crippen LogP contribution in [0.15, 0.2) is 12.1 Å². The number of halogens is 1. The standard InChI is InChI=1S/C13H10ClN3O2S2/c1-6-11(10(18)7(5-15)12(19)16-2)21-13(17-6)8-3-4-9(14)20-8/h3-4,7H,1-2H3,(H,16,19)/t7-/m0/s1. The molecule has 0 aliphatic carbocycles. The second-order valence-electron chi connectivity index (χ2n) is 4.08. The van der Waals surface area contributed by atoms with Gasteiger partial charge in [0.1, 0.15) is 5.01 Å². The number of aromatic nitrogens is 1. The van der Waals surface area contributed by atoms with Crippen LogP contribution >= 0.6 is 34.3 Å². The molecule has 21 heavy (non-hydrogen) atoms. The smallest absolute Gasteiger partial charge is 0.245 e. The average Bonchev–Trinajstić information content (AvgIpc) is 3.05. The Kier molecular flexibility index (Phi) is 4.73. The Morgan fingerprint density at radius 3 is 2.67 bits per heavy atom. The molecule has 2 rings (SSSR count). The number of ketones is 1. The van der Waals surface area contributed by atoms with Crippen molar-refractivity contribution in [3.63, 3.8) is 0 Å². The summed E-state index contributed by atoms with van der Waals surface area (Å²) in [6.07, 6.45) is 0. The summed E-state index contributed by atoms with van der Waals surface area (Å²) in [4.78, 5) is 29.4. The van der Waals surface area contributed by atoms with Crippen LogP contribution in [-0.2, 0) is 4.79 Å². The van der Waals surface area contributed by atoms with Crippen LogP contribution in [0.2, 0.25) is 4.34 Å². The van der Waals surface area contributed by atoms with E-state index < -0.39 is 17.6 Å². The summed E-state index contributed by atoms with van der Waals surface area (Å²) < 4.78 is 0.631. The molecule has 0 fully saturated rings. The molecule has 0 radical (unpaired) electrons. The van der Waals surface area contributed by atoms with Crippen LogP contribution in [0.25, 0.3) is 9.88 Å². The number of hydrogen-bond acceptors (Lipinski definition) is 6. The lowest BCUT2D eigenvalue weighted by molar-refractivity contribution is -0.121. The van der Waals surface area contributed by atoms with Gasteiger partial charge in [-0.2, -0.15) is 5.26 Å². The highest BCUT2D eigenvalue weighted by Gasteiger charge is 2.30. The van der Waals surface area contributed by atoms with Crippen LogP contribution in [0, 0.1) is 24.2 Å². The van der Waals surface area contributed by atoms with Gasteiger partial charge < -0.3 is 5.32 Å². The van der Waals surface area contributed by atoms with E-state index in [1.165, 1.54) is 29.7 Å². The van der Waals surface area contributed by atoms with Crippen molar-refractivity contribution in [1.82, 2.24) is 10.3 Å². The molecule has 1 N–H and O–H groups in total. The summed E-state index contributed by atoms with van der Waals surface area (Å²) >= 11 is 8.41. The normalized spacial score (nSPS) is 11.7. The number of Topliss-reactive ketones (excluding diaryl/α,β-unsaturated/α-hetero) is 1. The number of carbonyl (C=O) groups is 2. The van der Waals surface area contributed by atoms with Gasteiger partial charge in [-0.1, -0.05) is 11.6 Å². The molecule has 1 atom stereocenters. The summed E-state index contributed by atoms with van der Waals surface area (Å²) in [5.74, 6) is -2.49. The van der Waals surface area contributed by atoms with E-state index in [1.54, 1.807) is 19.1 Å². The maximum atomic E-state index is 12.3. The van der Waals surface area contributed by atoms with E-state index in [9.17, 15) is 9.59 Å². The first-order valence-corrected chi connectivity index (χ1v) is 7.87. The lowest BCUT2D eigenvalue weighted by Crippen LogP contribution is -2.32. The first kappa shape index (κ1) is 15.6. The van der Waals surface area contributed by atoms with Gasteiger partial charge in [0.2, 0.25) is 11.7 Å². The number of nitrogens with zero attached hydrogens (tertiary/aromatic N) is 2. The zero-order valence-corrected chi connectivity index (χ0v) is 13.5. The van der Waals surface area contributed by atoms with Gasteiger partial charge in [0.25, 0.3) is 0 Å². The molecule has 0 spiro atoms. The predicted octanol–water partition coefficient (Wildman–Crippen LogP) is 2.90. The van der Waals surface area contributed by atoms with Gasteiger partial charge in [0, 0.05) is 7.05 Å². The first-order chi connectivity index (χ1) is 9.97. The molecule has 0 aliphatic heterocycles. The van der Waals surface area contributed by atoms with Gasteiger partial charge in [-0.3, -0.25) is 9.59 Å². The number of aryl methyl sites for hydroxylation is 1. The number of thiazole rings is 1. The van der Waals surface area contributed by atoms with E-state index in [-0.39, 0.29) is 0 Å². The van der Waals surface area contributed by atoms with Crippen LogP contribution < -0.4 is 5.32 Å². The third-order valence-corrected chi connectivity index (χ3v) is 5.28. The average molecular weight is 340 g/mol. The molecule has 0 saturated heterocycles. The molecular weight excluding hydrogens is 330 g/mol. The second kappa shape index (κ2) is 6.35. The Hall–Kier alpha value is -1.75. The number of thiophene rings is 1. The highest BCUT2D eigenvalue weighted by Crippen LogP contribution is 2.35. The molecule has 0 aliphatic rings. The topological polar surface area (TPSA) is 82.9 Å². The minimum Gasteiger partial charge on any atom is -0.358 e. The summed E-state index contributed by atoms with van der Waals surface area (Å²) in [5, 5.41) is 12.0. The van der Waals surface area contributed by atoms with E-state index in [4.69, 9.17) is 16.9 Å². The van der Waals surface area contributed by atoms with Crippen molar-refractivity contribution < 1.29 is 9.59 Å². The third-order valence-electron chi connectivity index (χ3n) is 2.70. The molecule has 0 unspecified atom stereocenters. The largest absolute Gasteiger partial charge is 0.358 e. The van der Waals surface area contributed by atoms with Gasteiger partial charge in [0.05, 0.1) is 25.9 Å². The van der Waals surface area contributed by atoms with Gasteiger partial charge in [-0.05, 0) is 19.1 Å². The van der Waals surface area contributed by atoms with Crippen molar-refractivity contribution in [2.75, 3.05) is 7.05 Å². The second-order valence-corrected chi connectivity index (χ2v) is 6.79. The molecule has 1 amide bonds. The van der Waals surface area contributed by atoms with Crippen molar-refractivity contribution >= 4 is 46.0 Å². The number of amides is 1. The number of rotatable bonds is 4. The number of hydrogen-bond donors (Lipinski definition) is 1. The molecule has 2 aromatic rings. The van der Waals surface area contributed by atoms with Crippen molar-refractivity contribution in [2.45, 2.75) is 6.92 Å². The molecule has 0 aromatic carbocycles. The predicted molar refractivity (Wildman–Crippen MR) is 82.7 cm³/mol. The molecule has 2 aromatic heterocycles.